The lowest BCUT2D eigenvalue weighted by atomic mass is 9.88. The highest BCUT2D eigenvalue weighted by Crippen LogP contribution is 2.28. The topological polar surface area (TPSA) is 41.6 Å². The number of carbonyl (C=O) groups excluding carboxylic acids is 1. The number of hydrogen-bond acceptors (Lipinski definition) is 4. The molecule has 19 heavy (non-hydrogen) atoms. The molecule has 0 saturated carbocycles. The van der Waals surface area contributed by atoms with E-state index in [1.807, 2.05) is 13.8 Å². The largest absolute Gasteiger partial charge is 0.469 e. The van der Waals surface area contributed by atoms with Crippen molar-refractivity contribution in [1.29, 1.82) is 0 Å². The van der Waals surface area contributed by atoms with Crippen molar-refractivity contribution in [2.45, 2.75) is 58.0 Å². The highest BCUT2D eigenvalue weighted by atomic mass is 16.5. The predicted molar refractivity (Wildman–Crippen MR) is 76.0 cm³/mol. The fraction of sp³-hybridized carbons (Fsp3) is 0.933. The zero-order valence-corrected chi connectivity index (χ0v) is 12.6. The van der Waals surface area contributed by atoms with Gasteiger partial charge in [-0.05, 0) is 52.6 Å². The molecule has 1 N–H and O–H groups in total. The van der Waals surface area contributed by atoms with Crippen molar-refractivity contribution >= 4 is 5.97 Å². The quantitative estimate of drug-likeness (QED) is 0.789. The van der Waals surface area contributed by atoms with Crippen molar-refractivity contribution in [2.75, 3.05) is 26.7 Å². The maximum atomic E-state index is 11.9. The van der Waals surface area contributed by atoms with E-state index in [-0.39, 0.29) is 5.97 Å². The lowest BCUT2D eigenvalue weighted by Gasteiger charge is -2.42. The Balaban J connectivity index is 2.01. The molecule has 2 unspecified atom stereocenters. The minimum absolute atomic E-state index is 0.101. The van der Waals surface area contributed by atoms with Crippen LogP contribution in [0.1, 0.15) is 46.0 Å². The molecule has 0 spiro atoms. The first-order valence-electron chi connectivity index (χ1n) is 7.60. The fourth-order valence-electron chi connectivity index (χ4n) is 3.56. The van der Waals surface area contributed by atoms with Crippen LogP contribution in [-0.2, 0) is 9.53 Å². The number of rotatable bonds is 4. The van der Waals surface area contributed by atoms with Gasteiger partial charge in [-0.1, -0.05) is 6.42 Å². The lowest BCUT2D eigenvalue weighted by molar-refractivity contribution is -0.152. The van der Waals surface area contributed by atoms with Crippen molar-refractivity contribution in [3.05, 3.63) is 0 Å². The minimum atomic E-state index is -0.414. The second-order valence-corrected chi connectivity index (χ2v) is 6.61. The van der Waals surface area contributed by atoms with Crippen molar-refractivity contribution in [3.63, 3.8) is 0 Å². The summed E-state index contributed by atoms with van der Waals surface area (Å²) in [5.74, 6) is -0.101. The van der Waals surface area contributed by atoms with Gasteiger partial charge in [0.1, 0.15) is 0 Å². The van der Waals surface area contributed by atoms with Crippen molar-refractivity contribution < 1.29 is 9.53 Å². The normalized spacial score (nSPS) is 29.4. The standard InChI is InChI=1S/C15H28N2O2/c1-15(2,14(18)19-3)11-17-10-5-4-8-13(17)12-7-6-9-16-12/h12-13,16H,4-11H2,1-3H3. The third kappa shape index (κ3) is 3.48. The Labute approximate surface area is 116 Å². The number of carbonyl (C=O) groups is 1. The van der Waals surface area contributed by atoms with Gasteiger partial charge in [0.05, 0.1) is 12.5 Å². The first-order valence-corrected chi connectivity index (χ1v) is 7.60. The molecule has 2 fully saturated rings. The van der Waals surface area contributed by atoms with Crippen molar-refractivity contribution in [2.24, 2.45) is 5.41 Å². The van der Waals surface area contributed by atoms with Crippen molar-refractivity contribution in [1.82, 2.24) is 10.2 Å². The summed E-state index contributed by atoms with van der Waals surface area (Å²) in [5.41, 5.74) is -0.414. The molecule has 0 bridgehead atoms. The first-order chi connectivity index (χ1) is 9.04. The Morgan fingerprint density at radius 2 is 2.11 bits per heavy atom. The van der Waals surface area contributed by atoms with Crippen LogP contribution in [0, 0.1) is 5.41 Å². The van der Waals surface area contributed by atoms with E-state index < -0.39 is 5.41 Å². The second-order valence-electron chi connectivity index (χ2n) is 6.61. The molecule has 2 aliphatic rings. The van der Waals surface area contributed by atoms with Gasteiger partial charge < -0.3 is 10.1 Å². The van der Waals surface area contributed by atoms with Gasteiger partial charge in [-0.3, -0.25) is 9.69 Å². The summed E-state index contributed by atoms with van der Waals surface area (Å²) in [4.78, 5) is 14.4. The van der Waals surface area contributed by atoms with E-state index in [9.17, 15) is 4.79 Å². The van der Waals surface area contributed by atoms with Crippen LogP contribution < -0.4 is 5.32 Å². The second kappa shape index (κ2) is 6.23. The average molecular weight is 268 g/mol. The SMILES string of the molecule is COC(=O)C(C)(C)CN1CCCCC1C1CCCN1. The number of ether oxygens (including phenoxy) is 1. The number of likely N-dealkylation sites (tertiary alicyclic amines) is 1. The summed E-state index contributed by atoms with van der Waals surface area (Å²) in [6, 6.07) is 1.22. The lowest BCUT2D eigenvalue weighted by Crippen LogP contribution is -2.53. The van der Waals surface area contributed by atoms with Crippen LogP contribution in [0.3, 0.4) is 0 Å². The van der Waals surface area contributed by atoms with Gasteiger partial charge in [0.15, 0.2) is 0 Å². The molecule has 4 nitrogen and oxygen atoms in total. The Morgan fingerprint density at radius 1 is 1.32 bits per heavy atom. The molecule has 4 heteroatoms. The molecule has 110 valence electrons. The predicted octanol–water partition coefficient (Wildman–Crippen LogP) is 1.79. The van der Waals surface area contributed by atoms with Gasteiger partial charge in [0.2, 0.25) is 0 Å². The molecular weight excluding hydrogens is 240 g/mol. The molecule has 2 aliphatic heterocycles. The van der Waals surface area contributed by atoms with E-state index in [4.69, 9.17) is 4.74 Å². The minimum Gasteiger partial charge on any atom is -0.469 e. The zero-order valence-electron chi connectivity index (χ0n) is 12.6. The maximum Gasteiger partial charge on any atom is 0.312 e. The monoisotopic (exact) mass is 268 g/mol. The highest BCUT2D eigenvalue weighted by Gasteiger charge is 2.37. The molecule has 0 aromatic heterocycles. The van der Waals surface area contributed by atoms with E-state index in [2.05, 4.69) is 10.2 Å². The van der Waals surface area contributed by atoms with E-state index in [1.54, 1.807) is 0 Å². The molecule has 0 amide bonds. The molecule has 0 aromatic rings. The van der Waals surface area contributed by atoms with Crippen LogP contribution in [0.4, 0.5) is 0 Å². The van der Waals surface area contributed by atoms with Gasteiger partial charge in [0.25, 0.3) is 0 Å². The maximum absolute atomic E-state index is 11.9. The molecule has 0 radical (unpaired) electrons. The van der Waals surface area contributed by atoms with Crippen LogP contribution >= 0.6 is 0 Å². The molecule has 2 heterocycles. The molecule has 2 rings (SSSR count). The zero-order chi connectivity index (χ0) is 13.9. The molecule has 2 atom stereocenters. The number of nitrogens with zero attached hydrogens (tertiary/aromatic N) is 1. The molecule has 2 saturated heterocycles. The number of methoxy groups -OCH3 is 1. The van der Waals surface area contributed by atoms with Gasteiger partial charge in [0, 0.05) is 18.6 Å². The summed E-state index contributed by atoms with van der Waals surface area (Å²) in [7, 11) is 1.48. The van der Waals surface area contributed by atoms with E-state index in [0.717, 1.165) is 19.6 Å². The van der Waals surface area contributed by atoms with Crippen LogP contribution in [0.25, 0.3) is 0 Å². The molecule has 0 aromatic carbocycles. The van der Waals surface area contributed by atoms with Gasteiger partial charge in [-0.25, -0.2) is 0 Å². The van der Waals surface area contributed by atoms with Crippen LogP contribution in [-0.4, -0.2) is 49.7 Å². The number of piperidine rings is 1. The fourth-order valence-corrected chi connectivity index (χ4v) is 3.56. The number of esters is 1. The van der Waals surface area contributed by atoms with Crippen LogP contribution in [0.5, 0.6) is 0 Å². The number of hydrogen-bond donors (Lipinski definition) is 1. The Kier molecular flexibility index (Phi) is 4.85. The van der Waals surface area contributed by atoms with Gasteiger partial charge in [-0.2, -0.15) is 0 Å². The Bertz CT molecular complexity index is 311. The van der Waals surface area contributed by atoms with E-state index >= 15 is 0 Å². The summed E-state index contributed by atoms with van der Waals surface area (Å²) in [6.07, 6.45) is 6.39. The average Bonchev–Trinajstić information content (AvgIpc) is 2.91. The Hall–Kier alpha value is -0.610. The van der Waals surface area contributed by atoms with Crippen LogP contribution in [0.2, 0.25) is 0 Å². The highest BCUT2D eigenvalue weighted by molar-refractivity contribution is 5.76. The van der Waals surface area contributed by atoms with Gasteiger partial charge in [-0.15, -0.1) is 0 Å². The van der Waals surface area contributed by atoms with Crippen molar-refractivity contribution in [3.8, 4) is 0 Å². The number of nitrogens with one attached hydrogen (secondary N) is 1. The molecule has 0 aliphatic carbocycles. The van der Waals surface area contributed by atoms with E-state index in [0.29, 0.717) is 12.1 Å². The summed E-state index contributed by atoms with van der Waals surface area (Å²) < 4.78 is 4.94. The Morgan fingerprint density at radius 3 is 2.74 bits per heavy atom. The third-order valence-electron chi connectivity index (χ3n) is 4.56. The third-order valence-corrected chi connectivity index (χ3v) is 4.56. The van der Waals surface area contributed by atoms with Crippen LogP contribution in [0.15, 0.2) is 0 Å². The summed E-state index contributed by atoms with van der Waals surface area (Å²) >= 11 is 0. The van der Waals surface area contributed by atoms with E-state index in [1.165, 1.54) is 39.2 Å². The molecular formula is C15H28N2O2. The summed E-state index contributed by atoms with van der Waals surface area (Å²) in [6.45, 7) is 7.06. The summed E-state index contributed by atoms with van der Waals surface area (Å²) in [5, 5.41) is 3.63. The van der Waals surface area contributed by atoms with Gasteiger partial charge >= 0.3 is 5.97 Å². The smallest absolute Gasteiger partial charge is 0.312 e. The first kappa shape index (κ1) is 14.8.